The van der Waals surface area contributed by atoms with Crippen molar-refractivity contribution in [2.24, 2.45) is 5.92 Å². The van der Waals surface area contributed by atoms with Gasteiger partial charge in [0.25, 0.3) is 5.91 Å². The van der Waals surface area contributed by atoms with Crippen molar-refractivity contribution >= 4 is 23.5 Å². The number of hydrogen-bond acceptors (Lipinski definition) is 8. The van der Waals surface area contributed by atoms with Crippen molar-refractivity contribution in [2.45, 2.75) is 94.4 Å². The first-order valence-electron chi connectivity index (χ1n) is 16.9. The number of amides is 3. The van der Waals surface area contributed by atoms with E-state index < -0.39 is 17.6 Å². The van der Waals surface area contributed by atoms with E-state index in [1.54, 1.807) is 4.90 Å². The van der Waals surface area contributed by atoms with Crippen molar-refractivity contribution in [1.82, 2.24) is 25.0 Å². The van der Waals surface area contributed by atoms with Crippen LogP contribution in [0.4, 0.5) is 5.82 Å². The van der Waals surface area contributed by atoms with Crippen LogP contribution in [0.5, 0.6) is 0 Å². The maximum atomic E-state index is 13.1. The van der Waals surface area contributed by atoms with Crippen LogP contribution in [0.1, 0.15) is 97.2 Å². The van der Waals surface area contributed by atoms with Gasteiger partial charge in [-0.2, -0.15) is 0 Å². The summed E-state index contributed by atoms with van der Waals surface area (Å²) in [6.07, 6.45) is 11.3. The third-order valence-corrected chi connectivity index (χ3v) is 11.4. The summed E-state index contributed by atoms with van der Waals surface area (Å²) in [7, 11) is 0. The Kier molecular flexibility index (Phi) is 8.39. The number of anilines is 1. The van der Waals surface area contributed by atoms with Gasteiger partial charge in [-0.1, -0.05) is 18.2 Å². The summed E-state index contributed by atoms with van der Waals surface area (Å²) >= 11 is 0. The van der Waals surface area contributed by atoms with Crippen molar-refractivity contribution in [3.8, 4) is 0 Å². The minimum Gasteiger partial charge on any atom is -0.385 e. The molecule has 10 heteroatoms. The zero-order chi connectivity index (χ0) is 31.1. The van der Waals surface area contributed by atoms with Crippen LogP contribution in [0.2, 0.25) is 0 Å². The predicted octanol–water partition coefficient (Wildman–Crippen LogP) is 3.15. The average molecular weight is 615 g/mol. The van der Waals surface area contributed by atoms with Crippen molar-refractivity contribution < 1.29 is 19.5 Å². The lowest BCUT2D eigenvalue weighted by atomic mass is 9.80. The van der Waals surface area contributed by atoms with Crippen molar-refractivity contribution in [3.63, 3.8) is 0 Å². The number of nitrogens with zero attached hydrogens (tertiary/aromatic N) is 4. The van der Waals surface area contributed by atoms with Gasteiger partial charge in [0.15, 0.2) is 0 Å². The maximum absolute atomic E-state index is 13.1. The van der Waals surface area contributed by atoms with Gasteiger partial charge in [-0.25, -0.2) is 4.98 Å². The summed E-state index contributed by atoms with van der Waals surface area (Å²) in [5, 5.41) is 14.1. The Labute approximate surface area is 265 Å². The lowest BCUT2D eigenvalue weighted by molar-refractivity contribution is -0.136. The fourth-order valence-electron chi connectivity index (χ4n) is 8.58. The standard InChI is InChI=1S/C35H46N6O4/c36-31-9-3-25(20-37-31)24-11-15-39(16-12-24)21-23-1-5-28(6-2-23)40-17-13-35(45,14-18-40)27-4-7-29-26(19-27)22-41(34(29)44)30-8-10-32(42)38-33(30)43/h3-4,7,9,19-20,23-24,28,30,45H,1-2,5-6,8,10-18,21-22H2,(H2,36,37)(H,38,42,43). The molecule has 240 valence electrons. The highest BCUT2D eigenvalue weighted by molar-refractivity contribution is 6.05. The summed E-state index contributed by atoms with van der Waals surface area (Å²) in [6, 6.07) is 9.68. The van der Waals surface area contributed by atoms with E-state index in [0.29, 0.717) is 49.1 Å². The van der Waals surface area contributed by atoms with Crippen LogP contribution in [0.15, 0.2) is 36.5 Å². The summed E-state index contributed by atoms with van der Waals surface area (Å²) in [5.74, 6) is 1.08. The van der Waals surface area contributed by atoms with Gasteiger partial charge in [0.05, 0.1) is 5.60 Å². The Balaban J connectivity index is 0.875. The number of aromatic nitrogens is 1. The minimum absolute atomic E-state index is 0.177. The number of rotatable bonds is 6. The molecule has 1 unspecified atom stereocenters. The van der Waals surface area contributed by atoms with Crippen LogP contribution in [0, 0.1) is 5.92 Å². The lowest BCUT2D eigenvalue weighted by Gasteiger charge is -2.44. The Bertz CT molecular complexity index is 1420. The van der Waals surface area contributed by atoms with Gasteiger partial charge in [0.2, 0.25) is 11.8 Å². The number of nitrogens with two attached hydrogens (primary N) is 1. The molecule has 4 fully saturated rings. The average Bonchev–Trinajstić information content (AvgIpc) is 3.38. The van der Waals surface area contributed by atoms with Gasteiger partial charge < -0.3 is 25.5 Å². The molecule has 0 radical (unpaired) electrons. The van der Waals surface area contributed by atoms with E-state index in [-0.39, 0.29) is 18.2 Å². The summed E-state index contributed by atoms with van der Waals surface area (Å²) in [5.41, 5.74) is 8.47. The molecule has 4 N–H and O–H groups in total. The van der Waals surface area contributed by atoms with Crippen LogP contribution in [-0.2, 0) is 21.7 Å². The first-order chi connectivity index (χ1) is 21.8. The zero-order valence-corrected chi connectivity index (χ0v) is 26.1. The highest BCUT2D eigenvalue weighted by atomic mass is 16.3. The van der Waals surface area contributed by atoms with Crippen LogP contribution in [0.3, 0.4) is 0 Å². The molecular weight excluding hydrogens is 568 g/mol. The molecule has 5 aliphatic rings. The van der Waals surface area contributed by atoms with Gasteiger partial charge >= 0.3 is 0 Å². The third-order valence-electron chi connectivity index (χ3n) is 11.4. The third kappa shape index (κ3) is 6.24. The number of aliphatic hydroxyl groups is 1. The second kappa shape index (κ2) is 12.5. The number of nitrogens with one attached hydrogen (secondary N) is 1. The van der Waals surface area contributed by atoms with Crippen molar-refractivity contribution in [1.29, 1.82) is 0 Å². The molecule has 1 saturated carbocycles. The summed E-state index contributed by atoms with van der Waals surface area (Å²) in [6.45, 7) is 5.60. The summed E-state index contributed by atoms with van der Waals surface area (Å²) < 4.78 is 0. The Morgan fingerprint density at radius 2 is 1.69 bits per heavy atom. The smallest absolute Gasteiger partial charge is 0.255 e. The number of piperidine rings is 3. The van der Waals surface area contributed by atoms with Crippen molar-refractivity contribution in [2.75, 3.05) is 38.5 Å². The lowest BCUT2D eigenvalue weighted by Crippen LogP contribution is -2.52. The number of benzene rings is 1. The molecule has 3 amide bonds. The molecule has 1 aromatic carbocycles. The van der Waals surface area contributed by atoms with E-state index in [4.69, 9.17) is 5.73 Å². The minimum atomic E-state index is -0.914. The molecule has 0 bridgehead atoms. The number of nitrogen functional groups attached to an aromatic ring is 1. The van der Waals surface area contributed by atoms with E-state index in [2.05, 4.69) is 26.2 Å². The van der Waals surface area contributed by atoms with Crippen LogP contribution < -0.4 is 11.1 Å². The fraction of sp³-hybridized carbons (Fsp3) is 0.600. The molecular formula is C35H46N6O4. The number of hydrogen-bond donors (Lipinski definition) is 3. The van der Waals surface area contributed by atoms with Crippen LogP contribution >= 0.6 is 0 Å². The largest absolute Gasteiger partial charge is 0.385 e. The molecule has 0 spiro atoms. The molecule has 1 atom stereocenters. The topological polar surface area (TPSA) is 132 Å². The van der Waals surface area contributed by atoms with Gasteiger partial charge in [-0.3, -0.25) is 19.7 Å². The number of fused-ring (bicyclic) bond motifs is 1. The van der Waals surface area contributed by atoms with E-state index in [0.717, 1.165) is 43.2 Å². The molecule has 4 aliphatic heterocycles. The molecule has 10 nitrogen and oxygen atoms in total. The SMILES string of the molecule is Nc1ccc(C2CCN(CC3CCC(N4CCC(O)(c5ccc6c(c5)CN(C5CCC(=O)NC5=O)C6=O)CC4)CC3)CC2)cn1. The zero-order valence-electron chi connectivity index (χ0n) is 26.1. The highest BCUT2D eigenvalue weighted by Gasteiger charge is 2.41. The Morgan fingerprint density at radius 3 is 2.38 bits per heavy atom. The normalized spacial score (nSPS) is 28.2. The van der Waals surface area contributed by atoms with Gasteiger partial charge in [0, 0.05) is 50.4 Å². The molecule has 7 rings (SSSR count). The van der Waals surface area contributed by atoms with E-state index >= 15 is 0 Å². The molecule has 3 saturated heterocycles. The maximum Gasteiger partial charge on any atom is 0.255 e. The number of carbonyl (C=O) groups is 3. The van der Waals surface area contributed by atoms with E-state index in [9.17, 15) is 19.5 Å². The van der Waals surface area contributed by atoms with E-state index in [1.807, 2.05) is 30.5 Å². The second-order valence-corrected chi connectivity index (χ2v) is 14.1. The molecule has 5 heterocycles. The number of likely N-dealkylation sites (tertiary alicyclic amines) is 2. The monoisotopic (exact) mass is 614 g/mol. The van der Waals surface area contributed by atoms with Gasteiger partial charge in [-0.15, -0.1) is 0 Å². The van der Waals surface area contributed by atoms with E-state index in [1.165, 1.54) is 50.6 Å². The Hall–Kier alpha value is -3.34. The number of imide groups is 1. The van der Waals surface area contributed by atoms with Crippen molar-refractivity contribution in [3.05, 3.63) is 58.8 Å². The predicted molar refractivity (Wildman–Crippen MR) is 170 cm³/mol. The first-order valence-corrected chi connectivity index (χ1v) is 16.9. The molecule has 1 aliphatic carbocycles. The quantitative estimate of drug-likeness (QED) is 0.423. The fourth-order valence-corrected chi connectivity index (χ4v) is 8.58. The van der Waals surface area contributed by atoms with Crippen LogP contribution in [0.25, 0.3) is 0 Å². The number of pyridine rings is 1. The molecule has 2 aromatic rings. The van der Waals surface area contributed by atoms with Gasteiger partial charge in [-0.05, 0) is 112 Å². The summed E-state index contributed by atoms with van der Waals surface area (Å²) in [4.78, 5) is 48.2. The number of carbonyl (C=O) groups excluding carboxylic acids is 3. The molecule has 45 heavy (non-hydrogen) atoms. The first kappa shape index (κ1) is 30.3. The van der Waals surface area contributed by atoms with Crippen LogP contribution in [-0.4, -0.2) is 87.3 Å². The highest BCUT2D eigenvalue weighted by Crippen LogP contribution is 2.39. The second-order valence-electron chi connectivity index (χ2n) is 14.1. The van der Waals surface area contributed by atoms with Gasteiger partial charge in [0.1, 0.15) is 11.9 Å². The molecule has 1 aromatic heterocycles. The Morgan fingerprint density at radius 1 is 0.933 bits per heavy atom.